The fraction of sp³-hybridized carbons (Fsp3) is 0.300. The molecule has 2 aromatic carbocycles. The molecule has 25 heavy (non-hydrogen) atoms. The van der Waals surface area contributed by atoms with E-state index in [1.54, 1.807) is 7.11 Å². The van der Waals surface area contributed by atoms with Gasteiger partial charge in [-0.15, -0.1) is 0 Å². The van der Waals surface area contributed by atoms with Crippen molar-refractivity contribution in [1.29, 1.82) is 0 Å². The van der Waals surface area contributed by atoms with Crippen LogP contribution in [-0.4, -0.2) is 36.8 Å². The van der Waals surface area contributed by atoms with Gasteiger partial charge in [0.1, 0.15) is 11.9 Å². The number of anilines is 1. The zero-order valence-electron chi connectivity index (χ0n) is 14.5. The Morgan fingerprint density at radius 1 is 1.12 bits per heavy atom. The first-order valence-electron chi connectivity index (χ1n) is 8.47. The quantitative estimate of drug-likeness (QED) is 0.733. The van der Waals surface area contributed by atoms with Gasteiger partial charge in [-0.05, 0) is 47.5 Å². The molecule has 1 aliphatic rings. The third-order valence-electron chi connectivity index (χ3n) is 4.57. The fourth-order valence-electron chi connectivity index (χ4n) is 3.19. The fourth-order valence-corrected chi connectivity index (χ4v) is 3.19. The molecule has 1 unspecified atom stereocenters. The number of nitrogens with zero attached hydrogens (tertiary/aromatic N) is 3. The number of ether oxygens (including phenoxy) is 2. The molecule has 128 valence electrons. The van der Waals surface area contributed by atoms with Crippen LogP contribution in [0.15, 0.2) is 48.7 Å². The number of rotatable bonds is 3. The van der Waals surface area contributed by atoms with Gasteiger partial charge in [0.2, 0.25) is 5.95 Å². The van der Waals surface area contributed by atoms with Crippen molar-refractivity contribution >= 4 is 16.7 Å². The number of morpholine rings is 1. The van der Waals surface area contributed by atoms with Gasteiger partial charge >= 0.3 is 0 Å². The first kappa shape index (κ1) is 15.8. The molecular weight excluding hydrogens is 314 g/mol. The van der Waals surface area contributed by atoms with Crippen molar-refractivity contribution in [2.45, 2.75) is 13.0 Å². The van der Waals surface area contributed by atoms with Crippen molar-refractivity contribution in [3.8, 4) is 5.75 Å². The average Bonchev–Trinajstić information content (AvgIpc) is 2.67. The van der Waals surface area contributed by atoms with E-state index in [1.807, 2.05) is 31.3 Å². The maximum atomic E-state index is 6.02. The highest BCUT2D eigenvalue weighted by Gasteiger charge is 2.24. The number of benzene rings is 2. The molecule has 1 saturated heterocycles. The van der Waals surface area contributed by atoms with E-state index in [4.69, 9.17) is 9.47 Å². The van der Waals surface area contributed by atoms with E-state index < -0.39 is 0 Å². The predicted octanol–water partition coefficient (Wildman–Crippen LogP) is 3.52. The highest BCUT2D eigenvalue weighted by molar-refractivity contribution is 5.84. The largest absolute Gasteiger partial charge is 0.497 e. The molecule has 5 nitrogen and oxygen atoms in total. The number of fused-ring (bicyclic) bond motifs is 1. The summed E-state index contributed by atoms with van der Waals surface area (Å²) in [4.78, 5) is 11.1. The molecule has 1 atom stereocenters. The summed E-state index contributed by atoms with van der Waals surface area (Å²) in [5.41, 5.74) is 2.16. The molecule has 0 bridgehead atoms. The lowest BCUT2D eigenvalue weighted by Crippen LogP contribution is -2.39. The molecule has 1 aliphatic heterocycles. The molecule has 0 saturated carbocycles. The van der Waals surface area contributed by atoms with E-state index in [-0.39, 0.29) is 6.10 Å². The third-order valence-corrected chi connectivity index (χ3v) is 4.57. The molecule has 0 spiro atoms. The number of hydrogen-bond acceptors (Lipinski definition) is 5. The van der Waals surface area contributed by atoms with Gasteiger partial charge in [-0.2, -0.15) is 0 Å². The molecule has 0 amide bonds. The van der Waals surface area contributed by atoms with Crippen molar-refractivity contribution in [3.63, 3.8) is 0 Å². The summed E-state index contributed by atoms with van der Waals surface area (Å²) in [5, 5.41) is 2.35. The number of aromatic nitrogens is 2. The molecule has 1 aromatic heterocycles. The Hall–Kier alpha value is -2.66. The van der Waals surface area contributed by atoms with Crippen LogP contribution in [0.3, 0.4) is 0 Å². The van der Waals surface area contributed by atoms with Crippen LogP contribution in [0.25, 0.3) is 10.8 Å². The summed E-state index contributed by atoms with van der Waals surface area (Å²) in [6.07, 6.45) is 1.83. The minimum atomic E-state index is 0.0179. The summed E-state index contributed by atoms with van der Waals surface area (Å²) < 4.78 is 11.3. The van der Waals surface area contributed by atoms with Crippen LogP contribution in [0.5, 0.6) is 5.75 Å². The normalized spacial score (nSPS) is 17.7. The van der Waals surface area contributed by atoms with E-state index in [0.717, 1.165) is 35.9 Å². The average molecular weight is 335 g/mol. The van der Waals surface area contributed by atoms with Crippen LogP contribution in [0.1, 0.15) is 17.4 Å². The zero-order valence-corrected chi connectivity index (χ0v) is 14.5. The van der Waals surface area contributed by atoms with E-state index >= 15 is 0 Å². The minimum absolute atomic E-state index is 0.0179. The highest BCUT2D eigenvalue weighted by Crippen LogP contribution is 2.28. The van der Waals surface area contributed by atoms with Gasteiger partial charge in [-0.3, -0.25) is 0 Å². The lowest BCUT2D eigenvalue weighted by atomic mass is 10.0. The predicted molar refractivity (Wildman–Crippen MR) is 98.2 cm³/mol. The molecule has 0 N–H and O–H groups in total. The lowest BCUT2D eigenvalue weighted by molar-refractivity contribution is 0.0393. The first-order valence-corrected chi connectivity index (χ1v) is 8.47. The van der Waals surface area contributed by atoms with Crippen LogP contribution in [0, 0.1) is 6.92 Å². The smallest absolute Gasteiger partial charge is 0.225 e. The van der Waals surface area contributed by atoms with Gasteiger partial charge in [0.15, 0.2) is 0 Å². The zero-order chi connectivity index (χ0) is 17.2. The summed E-state index contributed by atoms with van der Waals surface area (Å²) in [5.74, 6) is 1.65. The van der Waals surface area contributed by atoms with Gasteiger partial charge in [0.25, 0.3) is 0 Å². The maximum Gasteiger partial charge on any atom is 0.225 e. The maximum absolute atomic E-state index is 6.02. The summed E-state index contributed by atoms with van der Waals surface area (Å²) in [6, 6.07) is 14.5. The van der Waals surface area contributed by atoms with Crippen molar-refractivity contribution in [2.75, 3.05) is 31.7 Å². The van der Waals surface area contributed by atoms with Crippen LogP contribution in [0.4, 0.5) is 5.95 Å². The van der Waals surface area contributed by atoms with Crippen molar-refractivity contribution in [2.24, 2.45) is 0 Å². The van der Waals surface area contributed by atoms with E-state index in [1.165, 1.54) is 10.9 Å². The van der Waals surface area contributed by atoms with Gasteiger partial charge < -0.3 is 14.4 Å². The van der Waals surface area contributed by atoms with Crippen LogP contribution < -0.4 is 9.64 Å². The topological polar surface area (TPSA) is 47.5 Å². The Morgan fingerprint density at radius 2 is 1.96 bits per heavy atom. The van der Waals surface area contributed by atoms with Crippen LogP contribution in [-0.2, 0) is 4.74 Å². The Morgan fingerprint density at radius 3 is 2.80 bits per heavy atom. The molecule has 4 rings (SSSR count). The second-order valence-electron chi connectivity index (χ2n) is 6.28. The highest BCUT2D eigenvalue weighted by atomic mass is 16.5. The number of aryl methyl sites for hydroxylation is 1. The second-order valence-corrected chi connectivity index (χ2v) is 6.28. The monoisotopic (exact) mass is 335 g/mol. The molecule has 0 radical (unpaired) electrons. The Labute approximate surface area is 147 Å². The first-order chi connectivity index (χ1) is 12.2. The summed E-state index contributed by atoms with van der Waals surface area (Å²) in [7, 11) is 1.69. The van der Waals surface area contributed by atoms with Crippen molar-refractivity contribution < 1.29 is 9.47 Å². The SMILES string of the molecule is COc1ccc2cc(C3CN(c4nccc(C)n4)CCO3)ccc2c1. The molecule has 0 aliphatic carbocycles. The van der Waals surface area contributed by atoms with E-state index in [9.17, 15) is 0 Å². The Bertz CT molecular complexity index is 897. The Kier molecular flexibility index (Phi) is 4.24. The third kappa shape index (κ3) is 3.28. The van der Waals surface area contributed by atoms with Gasteiger partial charge in [0.05, 0.1) is 20.3 Å². The molecule has 3 aromatic rings. The van der Waals surface area contributed by atoms with Gasteiger partial charge in [-0.1, -0.05) is 18.2 Å². The van der Waals surface area contributed by atoms with Crippen molar-refractivity contribution in [3.05, 3.63) is 59.9 Å². The molecule has 1 fully saturated rings. The van der Waals surface area contributed by atoms with Gasteiger partial charge in [0, 0.05) is 18.4 Å². The van der Waals surface area contributed by atoms with E-state index in [2.05, 4.69) is 39.1 Å². The van der Waals surface area contributed by atoms with Gasteiger partial charge in [-0.25, -0.2) is 9.97 Å². The summed E-state index contributed by atoms with van der Waals surface area (Å²) >= 11 is 0. The van der Waals surface area contributed by atoms with Crippen LogP contribution >= 0.6 is 0 Å². The van der Waals surface area contributed by atoms with E-state index in [0.29, 0.717) is 6.61 Å². The second kappa shape index (κ2) is 6.69. The molecule has 5 heteroatoms. The van der Waals surface area contributed by atoms with Crippen LogP contribution in [0.2, 0.25) is 0 Å². The number of hydrogen-bond donors (Lipinski definition) is 0. The summed E-state index contributed by atoms with van der Waals surface area (Å²) in [6.45, 7) is 4.22. The minimum Gasteiger partial charge on any atom is -0.497 e. The Balaban J connectivity index is 1.59. The van der Waals surface area contributed by atoms with Crippen molar-refractivity contribution in [1.82, 2.24) is 9.97 Å². The molecule has 2 heterocycles. The number of methoxy groups -OCH3 is 1. The standard InChI is InChI=1S/C20H21N3O2/c1-14-7-8-21-20(22-14)23-9-10-25-19(13-23)17-4-3-16-12-18(24-2)6-5-15(16)11-17/h3-8,11-12,19H,9-10,13H2,1-2H3. The molecular formula is C20H21N3O2. The lowest BCUT2D eigenvalue weighted by Gasteiger charge is -2.33.